The number of fused-ring (bicyclic) bond motifs is 1. The summed E-state index contributed by atoms with van der Waals surface area (Å²) in [6, 6.07) is 12.8. The maximum Gasteiger partial charge on any atom is 0.262 e. The van der Waals surface area contributed by atoms with Gasteiger partial charge < -0.3 is 9.84 Å². The summed E-state index contributed by atoms with van der Waals surface area (Å²) in [4.78, 5) is 12.7. The van der Waals surface area contributed by atoms with Gasteiger partial charge in [-0.15, -0.1) is 0 Å². The van der Waals surface area contributed by atoms with Crippen LogP contribution in [-0.2, 0) is 6.61 Å². The first kappa shape index (κ1) is 14.4. The second kappa shape index (κ2) is 5.66. The van der Waals surface area contributed by atoms with E-state index in [0.29, 0.717) is 5.39 Å². The predicted octanol–water partition coefficient (Wildman–Crippen LogP) is 2.80. The first-order chi connectivity index (χ1) is 10.6. The summed E-state index contributed by atoms with van der Waals surface area (Å²) < 4.78 is 6.78. The van der Waals surface area contributed by atoms with E-state index < -0.39 is 0 Å². The number of aromatic nitrogens is 1. The van der Waals surface area contributed by atoms with Gasteiger partial charge in [0.15, 0.2) is 0 Å². The Labute approximate surface area is 128 Å². The molecule has 0 saturated heterocycles. The van der Waals surface area contributed by atoms with Gasteiger partial charge in [-0.05, 0) is 59.8 Å². The molecule has 4 nitrogen and oxygen atoms in total. The summed E-state index contributed by atoms with van der Waals surface area (Å²) in [6.07, 6.45) is 1.83. The second-order valence-electron chi connectivity index (χ2n) is 5.22. The van der Waals surface area contributed by atoms with Crippen LogP contribution >= 0.6 is 0 Å². The van der Waals surface area contributed by atoms with E-state index in [4.69, 9.17) is 4.74 Å². The number of methoxy groups -OCH3 is 1. The molecule has 112 valence electrons. The summed E-state index contributed by atoms with van der Waals surface area (Å²) in [5.74, 6) is 0.752. The second-order valence-corrected chi connectivity index (χ2v) is 5.22. The molecule has 0 fully saturated rings. The van der Waals surface area contributed by atoms with Crippen molar-refractivity contribution >= 4 is 10.8 Å². The standard InChI is InChI=1S/C18H17NO3/c1-12-10-19(14-4-6-15(22-2)7-5-14)18(21)16-8-3-13(11-20)9-17(12)16/h3-10,20H,11H2,1-2H3. The normalized spacial score (nSPS) is 10.9. The molecule has 3 aromatic rings. The van der Waals surface area contributed by atoms with Crippen LogP contribution in [0.3, 0.4) is 0 Å². The molecule has 22 heavy (non-hydrogen) atoms. The van der Waals surface area contributed by atoms with Crippen LogP contribution in [0, 0.1) is 6.92 Å². The van der Waals surface area contributed by atoms with Crippen LogP contribution in [-0.4, -0.2) is 16.8 Å². The Balaban J connectivity index is 2.22. The lowest BCUT2D eigenvalue weighted by Crippen LogP contribution is -2.18. The van der Waals surface area contributed by atoms with E-state index >= 15 is 0 Å². The van der Waals surface area contributed by atoms with E-state index in [-0.39, 0.29) is 12.2 Å². The fourth-order valence-electron chi connectivity index (χ4n) is 2.59. The number of hydrogen-bond acceptors (Lipinski definition) is 3. The number of nitrogens with zero attached hydrogens (tertiary/aromatic N) is 1. The van der Waals surface area contributed by atoms with E-state index in [0.717, 1.165) is 28.0 Å². The van der Waals surface area contributed by atoms with Crippen molar-refractivity contribution in [2.24, 2.45) is 0 Å². The number of rotatable bonds is 3. The third-order valence-electron chi connectivity index (χ3n) is 3.81. The number of aliphatic hydroxyl groups excluding tert-OH is 1. The Morgan fingerprint density at radius 2 is 1.82 bits per heavy atom. The Morgan fingerprint density at radius 3 is 2.45 bits per heavy atom. The van der Waals surface area contributed by atoms with Crippen molar-refractivity contribution in [2.75, 3.05) is 7.11 Å². The van der Waals surface area contributed by atoms with Crippen molar-refractivity contribution in [2.45, 2.75) is 13.5 Å². The maximum atomic E-state index is 12.7. The van der Waals surface area contributed by atoms with Crippen LogP contribution in [0.15, 0.2) is 53.5 Å². The Bertz CT molecular complexity index is 879. The van der Waals surface area contributed by atoms with Crippen molar-refractivity contribution < 1.29 is 9.84 Å². The zero-order valence-corrected chi connectivity index (χ0v) is 12.5. The third-order valence-corrected chi connectivity index (χ3v) is 3.81. The highest BCUT2D eigenvalue weighted by molar-refractivity contribution is 5.85. The van der Waals surface area contributed by atoms with Crippen molar-refractivity contribution in [1.29, 1.82) is 0 Å². The summed E-state index contributed by atoms with van der Waals surface area (Å²) in [6.45, 7) is 1.93. The molecular weight excluding hydrogens is 278 g/mol. The predicted molar refractivity (Wildman–Crippen MR) is 86.8 cm³/mol. The van der Waals surface area contributed by atoms with Crippen LogP contribution in [0.4, 0.5) is 0 Å². The lowest BCUT2D eigenvalue weighted by atomic mass is 10.1. The summed E-state index contributed by atoms with van der Waals surface area (Å²) in [7, 11) is 1.61. The molecule has 2 aromatic carbocycles. The molecule has 0 bridgehead atoms. The van der Waals surface area contributed by atoms with Gasteiger partial charge in [-0.25, -0.2) is 0 Å². The number of pyridine rings is 1. The SMILES string of the molecule is COc1ccc(-n2cc(C)c3cc(CO)ccc3c2=O)cc1. The summed E-state index contributed by atoms with van der Waals surface area (Å²) in [5, 5.41) is 10.8. The van der Waals surface area contributed by atoms with Gasteiger partial charge in [0.1, 0.15) is 5.75 Å². The molecule has 0 saturated carbocycles. The molecule has 1 N–H and O–H groups in total. The maximum absolute atomic E-state index is 12.7. The molecule has 0 aliphatic heterocycles. The fraction of sp³-hybridized carbons (Fsp3) is 0.167. The highest BCUT2D eigenvalue weighted by Crippen LogP contribution is 2.20. The van der Waals surface area contributed by atoms with Gasteiger partial charge in [0.05, 0.1) is 13.7 Å². The molecule has 0 atom stereocenters. The summed E-state index contributed by atoms with van der Waals surface area (Å²) >= 11 is 0. The number of ether oxygens (including phenoxy) is 1. The molecule has 0 aliphatic carbocycles. The zero-order chi connectivity index (χ0) is 15.7. The lowest BCUT2D eigenvalue weighted by Gasteiger charge is -2.11. The van der Waals surface area contributed by atoms with Crippen molar-refractivity contribution in [3.8, 4) is 11.4 Å². The minimum absolute atomic E-state index is 0.0308. The first-order valence-corrected chi connectivity index (χ1v) is 7.04. The number of aryl methyl sites for hydroxylation is 1. The van der Waals surface area contributed by atoms with Crippen LogP contribution in [0.1, 0.15) is 11.1 Å². The van der Waals surface area contributed by atoms with E-state index in [1.807, 2.05) is 43.5 Å². The quantitative estimate of drug-likeness (QED) is 0.808. The topological polar surface area (TPSA) is 51.5 Å². The van der Waals surface area contributed by atoms with Crippen LogP contribution in [0.2, 0.25) is 0 Å². The minimum Gasteiger partial charge on any atom is -0.497 e. The molecule has 0 amide bonds. The van der Waals surface area contributed by atoms with Gasteiger partial charge in [0.2, 0.25) is 0 Å². The van der Waals surface area contributed by atoms with Crippen LogP contribution in [0.25, 0.3) is 16.5 Å². The van der Waals surface area contributed by atoms with Gasteiger partial charge in [0.25, 0.3) is 5.56 Å². The molecule has 0 spiro atoms. The van der Waals surface area contributed by atoms with Gasteiger partial charge >= 0.3 is 0 Å². The van der Waals surface area contributed by atoms with Crippen molar-refractivity contribution in [3.05, 3.63) is 70.1 Å². The minimum atomic E-state index is -0.0738. The fourth-order valence-corrected chi connectivity index (χ4v) is 2.59. The monoisotopic (exact) mass is 295 g/mol. The first-order valence-electron chi connectivity index (χ1n) is 7.04. The Hall–Kier alpha value is -2.59. The average molecular weight is 295 g/mol. The van der Waals surface area contributed by atoms with Gasteiger partial charge in [-0.1, -0.05) is 6.07 Å². The van der Waals surface area contributed by atoms with E-state index in [1.54, 1.807) is 23.8 Å². The number of benzene rings is 2. The number of aliphatic hydroxyl groups is 1. The Morgan fingerprint density at radius 1 is 1.09 bits per heavy atom. The summed E-state index contributed by atoms with van der Waals surface area (Å²) in [5.41, 5.74) is 2.51. The molecule has 0 aliphatic rings. The Kier molecular flexibility index (Phi) is 3.69. The molecule has 1 heterocycles. The van der Waals surface area contributed by atoms with Gasteiger partial charge in [-0.3, -0.25) is 9.36 Å². The van der Waals surface area contributed by atoms with E-state index in [1.165, 1.54) is 0 Å². The molecule has 0 radical (unpaired) electrons. The third kappa shape index (κ3) is 2.38. The van der Waals surface area contributed by atoms with E-state index in [9.17, 15) is 9.90 Å². The molecule has 1 aromatic heterocycles. The molecule has 0 unspecified atom stereocenters. The van der Waals surface area contributed by atoms with Crippen LogP contribution in [0.5, 0.6) is 5.75 Å². The number of hydrogen-bond donors (Lipinski definition) is 1. The van der Waals surface area contributed by atoms with Gasteiger partial charge in [-0.2, -0.15) is 0 Å². The smallest absolute Gasteiger partial charge is 0.262 e. The molecular formula is C18H17NO3. The highest BCUT2D eigenvalue weighted by Gasteiger charge is 2.08. The molecule has 3 rings (SSSR count). The van der Waals surface area contributed by atoms with Gasteiger partial charge in [0, 0.05) is 17.3 Å². The lowest BCUT2D eigenvalue weighted by molar-refractivity contribution is 0.282. The van der Waals surface area contributed by atoms with E-state index in [2.05, 4.69) is 0 Å². The average Bonchev–Trinajstić information content (AvgIpc) is 2.57. The highest BCUT2D eigenvalue weighted by atomic mass is 16.5. The van der Waals surface area contributed by atoms with Crippen molar-refractivity contribution in [3.63, 3.8) is 0 Å². The molecule has 4 heteroatoms. The van der Waals surface area contributed by atoms with Crippen molar-refractivity contribution in [1.82, 2.24) is 4.57 Å². The largest absolute Gasteiger partial charge is 0.497 e. The van der Waals surface area contributed by atoms with Crippen LogP contribution < -0.4 is 10.3 Å². The zero-order valence-electron chi connectivity index (χ0n) is 12.5.